The van der Waals surface area contributed by atoms with Gasteiger partial charge in [-0.2, -0.15) is 0 Å². The van der Waals surface area contributed by atoms with E-state index < -0.39 is 68.0 Å². The lowest BCUT2D eigenvalue weighted by Crippen LogP contribution is -2.65. The number of fused-ring (bicyclic) bond motifs is 2. The monoisotopic (exact) mass is 640 g/mol. The van der Waals surface area contributed by atoms with Gasteiger partial charge in [0.1, 0.15) is 49.3 Å². The van der Waals surface area contributed by atoms with Gasteiger partial charge in [0, 0.05) is 11.6 Å². The van der Waals surface area contributed by atoms with Crippen LogP contribution < -0.4 is 0 Å². The smallest absolute Gasteiger partial charge is 0.331 e. The van der Waals surface area contributed by atoms with Crippen LogP contribution in [0, 0.1) is 16.7 Å². The van der Waals surface area contributed by atoms with Crippen molar-refractivity contribution in [1.82, 2.24) is 0 Å². The third-order valence-electron chi connectivity index (χ3n) is 11.4. The highest BCUT2D eigenvalue weighted by Gasteiger charge is 2.58. The van der Waals surface area contributed by atoms with Crippen LogP contribution in [0.4, 0.5) is 0 Å². The average molecular weight is 641 g/mol. The van der Waals surface area contributed by atoms with Crippen LogP contribution in [-0.4, -0.2) is 130 Å². The van der Waals surface area contributed by atoms with Gasteiger partial charge in [-0.3, -0.25) is 0 Å². The van der Waals surface area contributed by atoms with Gasteiger partial charge in [-0.25, -0.2) is 4.79 Å². The predicted octanol–water partition coefficient (Wildman–Crippen LogP) is -0.172. The molecule has 1 saturated carbocycles. The van der Waals surface area contributed by atoms with E-state index >= 15 is 0 Å². The molecule has 14 atom stereocenters. The first-order valence-electron chi connectivity index (χ1n) is 16.1. The molecule has 6 rings (SSSR count). The standard InChI is InChI=1S/C32H48O13/c1-14-23(35)25(37)27(39)29(42-14)45-28-26(38)24(36)19(11-33)43-30(28)44-21-7-8-32(4)17-10-18(16-9-22(34)41-13-16)40-12-15(17)5-6-20(32)31(21,2)3/h9,14,18-21,23-30,33,35-39H,5-8,10-13H2,1-4H3. The number of carbonyl (C=O) groups excluding carboxylic acids is 1. The molecular weight excluding hydrogens is 592 g/mol. The fourth-order valence-corrected chi connectivity index (χ4v) is 8.74. The lowest BCUT2D eigenvalue weighted by molar-refractivity contribution is -0.375. The third-order valence-corrected chi connectivity index (χ3v) is 11.4. The molecule has 6 aliphatic rings. The van der Waals surface area contributed by atoms with E-state index in [9.17, 15) is 35.4 Å². The molecule has 0 radical (unpaired) electrons. The van der Waals surface area contributed by atoms with Gasteiger partial charge in [-0.15, -0.1) is 0 Å². The van der Waals surface area contributed by atoms with Gasteiger partial charge in [0.2, 0.25) is 0 Å². The van der Waals surface area contributed by atoms with E-state index in [0.29, 0.717) is 19.4 Å². The first kappa shape index (κ1) is 33.4. The van der Waals surface area contributed by atoms with Gasteiger partial charge in [0.05, 0.1) is 31.5 Å². The number of aliphatic hydroxyl groups excluding tert-OH is 6. The van der Waals surface area contributed by atoms with E-state index in [1.54, 1.807) is 6.08 Å². The van der Waals surface area contributed by atoms with Crippen LogP contribution in [0.5, 0.6) is 0 Å². The molecule has 0 spiro atoms. The zero-order valence-electron chi connectivity index (χ0n) is 26.3. The topological polar surface area (TPSA) is 194 Å². The quantitative estimate of drug-likeness (QED) is 0.166. The summed E-state index contributed by atoms with van der Waals surface area (Å²) in [5, 5.41) is 62.7. The summed E-state index contributed by atoms with van der Waals surface area (Å²) >= 11 is 0. The largest absolute Gasteiger partial charge is 0.458 e. The molecular formula is C32H48O13. The van der Waals surface area contributed by atoms with Crippen molar-refractivity contribution in [1.29, 1.82) is 0 Å². The highest BCUT2D eigenvalue weighted by atomic mass is 16.8. The second kappa shape index (κ2) is 12.5. The molecule has 4 heterocycles. The van der Waals surface area contributed by atoms with Crippen LogP contribution in [0.15, 0.2) is 22.8 Å². The Morgan fingerprint density at radius 1 is 0.911 bits per heavy atom. The van der Waals surface area contributed by atoms with Crippen LogP contribution >= 0.6 is 0 Å². The van der Waals surface area contributed by atoms with Gasteiger partial charge in [0.25, 0.3) is 0 Å². The van der Waals surface area contributed by atoms with Gasteiger partial charge in [-0.05, 0) is 61.3 Å². The molecule has 254 valence electrons. The van der Waals surface area contributed by atoms with Crippen molar-refractivity contribution in [2.24, 2.45) is 16.7 Å². The Kier molecular flexibility index (Phi) is 9.29. The van der Waals surface area contributed by atoms with Crippen molar-refractivity contribution in [3.63, 3.8) is 0 Å². The summed E-state index contributed by atoms with van der Waals surface area (Å²) in [4.78, 5) is 11.7. The summed E-state index contributed by atoms with van der Waals surface area (Å²) in [5.74, 6) is -0.120. The Morgan fingerprint density at radius 3 is 2.36 bits per heavy atom. The zero-order chi connectivity index (χ0) is 32.4. The minimum Gasteiger partial charge on any atom is -0.458 e. The van der Waals surface area contributed by atoms with Gasteiger partial charge in [0.15, 0.2) is 12.6 Å². The molecule has 0 aromatic rings. The van der Waals surface area contributed by atoms with Crippen molar-refractivity contribution in [2.45, 2.75) is 133 Å². The fraction of sp³-hybridized carbons (Fsp3) is 0.844. The van der Waals surface area contributed by atoms with E-state index in [4.69, 9.17) is 28.4 Å². The van der Waals surface area contributed by atoms with Crippen molar-refractivity contribution in [3.05, 3.63) is 22.8 Å². The van der Waals surface area contributed by atoms with E-state index in [2.05, 4.69) is 20.8 Å². The number of aliphatic hydroxyl groups is 6. The summed E-state index contributed by atoms with van der Waals surface area (Å²) in [6.07, 6.45) is -8.74. The Balaban J connectivity index is 1.21. The number of hydrogen-bond acceptors (Lipinski definition) is 13. The second-order valence-electron chi connectivity index (χ2n) is 14.4. The van der Waals surface area contributed by atoms with Crippen molar-refractivity contribution in [2.75, 3.05) is 19.8 Å². The molecule has 2 saturated heterocycles. The van der Waals surface area contributed by atoms with Crippen LogP contribution in [0.1, 0.15) is 59.8 Å². The normalized spacial score (nSPS) is 48.4. The minimum atomic E-state index is -1.64. The Bertz CT molecular complexity index is 1190. The van der Waals surface area contributed by atoms with Crippen LogP contribution in [0.3, 0.4) is 0 Å². The van der Waals surface area contributed by atoms with Crippen molar-refractivity contribution in [3.8, 4) is 0 Å². The Morgan fingerprint density at radius 2 is 1.67 bits per heavy atom. The SMILES string of the molecule is CC1OC(OC2C(OC3CCC4(C)C5=C(CCC4C3(C)C)COC(C3=CC(=O)OC3)C5)OC(CO)C(O)C2O)C(O)C(O)C1O. The molecule has 4 aliphatic heterocycles. The molecule has 2 aliphatic carbocycles. The van der Waals surface area contributed by atoms with E-state index in [0.717, 1.165) is 24.8 Å². The van der Waals surface area contributed by atoms with E-state index in [1.165, 1.54) is 18.1 Å². The molecule has 13 nitrogen and oxygen atoms in total. The van der Waals surface area contributed by atoms with Crippen LogP contribution in [-0.2, 0) is 33.2 Å². The first-order valence-corrected chi connectivity index (χ1v) is 16.1. The van der Waals surface area contributed by atoms with E-state index in [1.807, 2.05) is 0 Å². The molecule has 0 amide bonds. The number of carbonyl (C=O) groups is 1. The maximum absolute atomic E-state index is 11.7. The van der Waals surface area contributed by atoms with Crippen LogP contribution in [0.25, 0.3) is 0 Å². The Hall–Kier alpha value is -1.49. The molecule has 45 heavy (non-hydrogen) atoms. The summed E-state index contributed by atoms with van der Waals surface area (Å²) in [6.45, 7) is 8.37. The molecule has 14 unspecified atom stereocenters. The minimum absolute atomic E-state index is 0.136. The molecule has 3 fully saturated rings. The van der Waals surface area contributed by atoms with Crippen molar-refractivity contribution < 1.29 is 63.9 Å². The Labute approximate surface area is 262 Å². The van der Waals surface area contributed by atoms with Crippen molar-refractivity contribution >= 4 is 5.97 Å². The summed E-state index contributed by atoms with van der Waals surface area (Å²) in [7, 11) is 0. The predicted molar refractivity (Wildman–Crippen MR) is 154 cm³/mol. The number of esters is 1. The molecule has 13 heteroatoms. The summed E-state index contributed by atoms with van der Waals surface area (Å²) < 4.78 is 35.5. The highest BCUT2D eigenvalue weighted by Crippen LogP contribution is 2.62. The number of rotatable bonds is 6. The van der Waals surface area contributed by atoms with E-state index in [-0.39, 0.29) is 41.5 Å². The molecule has 6 N–H and O–H groups in total. The number of cyclic esters (lactones) is 1. The van der Waals surface area contributed by atoms with Gasteiger partial charge in [-0.1, -0.05) is 26.3 Å². The fourth-order valence-electron chi connectivity index (χ4n) is 8.74. The number of ether oxygens (including phenoxy) is 6. The average Bonchev–Trinajstić information content (AvgIpc) is 3.45. The van der Waals surface area contributed by atoms with Gasteiger partial charge >= 0.3 is 5.97 Å². The lowest BCUT2D eigenvalue weighted by atomic mass is 9.48. The van der Waals surface area contributed by atoms with Crippen LogP contribution in [0.2, 0.25) is 0 Å². The lowest BCUT2D eigenvalue weighted by Gasteiger charge is -2.59. The second-order valence-corrected chi connectivity index (χ2v) is 14.4. The summed E-state index contributed by atoms with van der Waals surface area (Å²) in [5.41, 5.74) is 3.06. The first-order chi connectivity index (χ1) is 21.3. The van der Waals surface area contributed by atoms with Gasteiger partial charge < -0.3 is 59.1 Å². The third kappa shape index (κ3) is 5.82. The highest BCUT2D eigenvalue weighted by molar-refractivity contribution is 5.85. The maximum Gasteiger partial charge on any atom is 0.331 e. The number of hydrogen-bond donors (Lipinski definition) is 6. The molecule has 0 aromatic heterocycles. The molecule has 0 bridgehead atoms. The summed E-state index contributed by atoms with van der Waals surface area (Å²) in [6, 6.07) is 0. The zero-order valence-corrected chi connectivity index (χ0v) is 26.3. The molecule has 0 aromatic carbocycles. The maximum atomic E-state index is 11.7.